The van der Waals surface area contributed by atoms with Gasteiger partial charge in [0.05, 0.1) is 11.7 Å². The first-order valence-electron chi connectivity index (χ1n) is 11.0. The molecule has 0 bridgehead atoms. The van der Waals surface area contributed by atoms with Gasteiger partial charge in [-0.25, -0.2) is 17.6 Å². The summed E-state index contributed by atoms with van der Waals surface area (Å²) in [5.41, 5.74) is 1.09. The lowest BCUT2D eigenvalue weighted by Crippen LogP contribution is -2.33. The Balaban J connectivity index is 1.44. The van der Waals surface area contributed by atoms with Gasteiger partial charge >= 0.3 is 0 Å². The predicted molar refractivity (Wildman–Crippen MR) is 112 cm³/mol. The Hall–Kier alpha value is -2.32. The van der Waals surface area contributed by atoms with Crippen LogP contribution in [0.3, 0.4) is 0 Å². The van der Waals surface area contributed by atoms with Crippen molar-refractivity contribution in [2.45, 2.75) is 57.5 Å². The van der Waals surface area contributed by atoms with Gasteiger partial charge in [-0.15, -0.1) is 0 Å². The van der Waals surface area contributed by atoms with Crippen LogP contribution in [-0.2, 0) is 4.74 Å². The SMILES string of the molecule is CCOC1CCC2CC(c3ccc(C#Cc4cc(F)c(F)c(F)c4)c(F)c3)CCC2C1. The highest BCUT2D eigenvalue weighted by atomic mass is 19.2. The maximum atomic E-state index is 14.7. The summed E-state index contributed by atoms with van der Waals surface area (Å²) in [7, 11) is 0. The number of ether oxygens (including phenoxy) is 1. The molecule has 0 radical (unpaired) electrons. The van der Waals surface area contributed by atoms with Gasteiger partial charge in [-0.05, 0) is 93.0 Å². The van der Waals surface area contributed by atoms with Crippen molar-refractivity contribution in [3.05, 3.63) is 70.3 Å². The molecule has 0 aromatic heterocycles. The summed E-state index contributed by atoms with van der Waals surface area (Å²) >= 11 is 0. The van der Waals surface area contributed by atoms with Crippen LogP contribution in [0.4, 0.5) is 17.6 Å². The Morgan fingerprint density at radius 1 is 0.839 bits per heavy atom. The van der Waals surface area contributed by atoms with Gasteiger partial charge in [-0.3, -0.25) is 0 Å². The molecule has 2 aromatic rings. The van der Waals surface area contributed by atoms with Crippen LogP contribution in [0.15, 0.2) is 30.3 Å². The van der Waals surface area contributed by atoms with Crippen LogP contribution in [-0.4, -0.2) is 12.7 Å². The molecule has 4 atom stereocenters. The molecule has 2 aliphatic rings. The molecule has 0 spiro atoms. The average molecular weight is 430 g/mol. The third-order valence-electron chi connectivity index (χ3n) is 6.76. The highest BCUT2D eigenvalue weighted by Crippen LogP contribution is 2.46. The zero-order valence-electron chi connectivity index (χ0n) is 17.6. The number of hydrogen-bond donors (Lipinski definition) is 0. The van der Waals surface area contributed by atoms with E-state index in [9.17, 15) is 17.6 Å². The molecule has 0 aliphatic heterocycles. The zero-order chi connectivity index (χ0) is 22.0. The van der Waals surface area contributed by atoms with Crippen molar-refractivity contribution in [1.29, 1.82) is 0 Å². The van der Waals surface area contributed by atoms with Crippen LogP contribution in [0.25, 0.3) is 0 Å². The molecule has 0 saturated heterocycles. The molecule has 0 amide bonds. The molecule has 31 heavy (non-hydrogen) atoms. The zero-order valence-corrected chi connectivity index (χ0v) is 17.6. The highest BCUT2D eigenvalue weighted by molar-refractivity contribution is 5.45. The fraction of sp³-hybridized carbons (Fsp3) is 0.462. The fourth-order valence-corrected chi connectivity index (χ4v) is 5.19. The highest BCUT2D eigenvalue weighted by Gasteiger charge is 2.36. The summed E-state index contributed by atoms with van der Waals surface area (Å²) in [6.07, 6.45) is 7.06. The summed E-state index contributed by atoms with van der Waals surface area (Å²) in [5.74, 6) is 2.20. The molecule has 0 N–H and O–H groups in total. The lowest BCUT2D eigenvalue weighted by atomic mass is 9.65. The van der Waals surface area contributed by atoms with E-state index in [4.69, 9.17) is 4.74 Å². The van der Waals surface area contributed by atoms with E-state index in [1.165, 1.54) is 12.5 Å². The standard InChI is InChI=1S/C26H26F4O/c1-2-31-22-10-9-19-13-18(7-8-20(19)14-22)21-6-5-17(23(27)15-21)4-3-16-11-24(28)26(30)25(29)12-16/h5-6,11-12,15,18-20,22H,2,7-10,13-14H2,1H3. The monoisotopic (exact) mass is 430 g/mol. The minimum Gasteiger partial charge on any atom is -0.378 e. The number of fused-ring (bicyclic) bond motifs is 1. The third kappa shape index (κ3) is 4.96. The molecule has 2 fully saturated rings. The van der Waals surface area contributed by atoms with Gasteiger partial charge in [0.1, 0.15) is 5.82 Å². The third-order valence-corrected chi connectivity index (χ3v) is 6.76. The molecule has 2 aliphatic carbocycles. The molecule has 2 aromatic carbocycles. The van der Waals surface area contributed by atoms with Crippen molar-refractivity contribution in [2.24, 2.45) is 11.8 Å². The maximum Gasteiger partial charge on any atom is 0.194 e. The first kappa shape index (κ1) is 21.9. The fourth-order valence-electron chi connectivity index (χ4n) is 5.19. The van der Waals surface area contributed by atoms with Crippen LogP contribution in [0.1, 0.15) is 68.1 Å². The maximum absolute atomic E-state index is 14.7. The first-order chi connectivity index (χ1) is 14.9. The normalized spacial score (nSPS) is 25.5. The van der Waals surface area contributed by atoms with Crippen molar-refractivity contribution in [3.8, 4) is 11.8 Å². The van der Waals surface area contributed by atoms with Gasteiger partial charge in [0, 0.05) is 12.2 Å². The van der Waals surface area contributed by atoms with Crippen LogP contribution in [0.5, 0.6) is 0 Å². The smallest absolute Gasteiger partial charge is 0.194 e. The molecular weight excluding hydrogens is 404 g/mol. The molecule has 0 heterocycles. The summed E-state index contributed by atoms with van der Waals surface area (Å²) in [6, 6.07) is 6.65. The Kier molecular flexibility index (Phi) is 6.67. The summed E-state index contributed by atoms with van der Waals surface area (Å²) in [5, 5.41) is 0. The predicted octanol–water partition coefficient (Wildman–Crippen LogP) is 6.73. The van der Waals surface area contributed by atoms with E-state index in [0.717, 1.165) is 56.4 Å². The molecular formula is C26H26F4O. The average Bonchev–Trinajstić information content (AvgIpc) is 2.76. The molecule has 1 nitrogen and oxygen atoms in total. The van der Waals surface area contributed by atoms with E-state index in [1.807, 2.05) is 13.0 Å². The number of halogens is 4. The van der Waals surface area contributed by atoms with Crippen LogP contribution >= 0.6 is 0 Å². The second kappa shape index (κ2) is 9.44. The summed E-state index contributed by atoms with van der Waals surface area (Å²) in [6.45, 7) is 2.81. The Labute approximate surface area is 180 Å². The number of rotatable bonds is 3. The van der Waals surface area contributed by atoms with Gasteiger partial charge in [0.25, 0.3) is 0 Å². The second-order valence-electron chi connectivity index (χ2n) is 8.66. The van der Waals surface area contributed by atoms with Crippen LogP contribution in [0.2, 0.25) is 0 Å². The second-order valence-corrected chi connectivity index (χ2v) is 8.66. The molecule has 2 saturated carbocycles. The van der Waals surface area contributed by atoms with Gasteiger partial charge in [0.2, 0.25) is 0 Å². The van der Waals surface area contributed by atoms with E-state index in [-0.39, 0.29) is 11.1 Å². The Morgan fingerprint density at radius 2 is 1.55 bits per heavy atom. The van der Waals surface area contributed by atoms with E-state index >= 15 is 0 Å². The minimum absolute atomic E-state index is 0.0409. The quantitative estimate of drug-likeness (QED) is 0.298. The van der Waals surface area contributed by atoms with E-state index in [0.29, 0.717) is 23.9 Å². The van der Waals surface area contributed by atoms with Crippen molar-refractivity contribution in [3.63, 3.8) is 0 Å². The molecule has 164 valence electrons. The molecule has 4 unspecified atom stereocenters. The van der Waals surface area contributed by atoms with Crippen molar-refractivity contribution in [1.82, 2.24) is 0 Å². The minimum atomic E-state index is -1.54. The molecule has 5 heteroatoms. The van der Waals surface area contributed by atoms with Crippen LogP contribution < -0.4 is 0 Å². The van der Waals surface area contributed by atoms with E-state index in [1.54, 1.807) is 6.07 Å². The van der Waals surface area contributed by atoms with Crippen molar-refractivity contribution >= 4 is 0 Å². The lowest BCUT2D eigenvalue weighted by Gasteiger charge is -2.42. The van der Waals surface area contributed by atoms with Gasteiger partial charge < -0.3 is 4.74 Å². The largest absolute Gasteiger partial charge is 0.378 e. The number of hydrogen-bond acceptors (Lipinski definition) is 1. The number of benzene rings is 2. The first-order valence-corrected chi connectivity index (χ1v) is 11.0. The van der Waals surface area contributed by atoms with E-state index in [2.05, 4.69) is 11.8 Å². The van der Waals surface area contributed by atoms with Gasteiger partial charge in [-0.1, -0.05) is 17.9 Å². The van der Waals surface area contributed by atoms with Crippen LogP contribution in [0, 0.1) is 46.9 Å². The van der Waals surface area contributed by atoms with Gasteiger partial charge in [-0.2, -0.15) is 0 Å². The Morgan fingerprint density at radius 3 is 2.26 bits per heavy atom. The molecule has 4 rings (SSSR count). The van der Waals surface area contributed by atoms with Crippen molar-refractivity contribution in [2.75, 3.05) is 6.61 Å². The summed E-state index contributed by atoms with van der Waals surface area (Å²) < 4.78 is 60.2. The van der Waals surface area contributed by atoms with Crippen molar-refractivity contribution < 1.29 is 22.3 Å². The van der Waals surface area contributed by atoms with E-state index < -0.39 is 23.3 Å². The topological polar surface area (TPSA) is 9.23 Å². The lowest BCUT2D eigenvalue weighted by molar-refractivity contribution is -0.00956. The summed E-state index contributed by atoms with van der Waals surface area (Å²) in [4.78, 5) is 0. The Bertz CT molecular complexity index is 983. The van der Waals surface area contributed by atoms with Gasteiger partial charge in [0.15, 0.2) is 17.5 Å².